The highest BCUT2D eigenvalue weighted by Gasteiger charge is 2.26. The van der Waals surface area contributed by atoms with Gasteiger partial charge in [0.25, 0.3) is 0 Å². The summed E-state index contributed by atoms with van der Waals surface area (Å²) in [6, 6.07) is 7.42. The number of ketones is 1. The molecule has 1 aromatic carbocycles. The zero-order chi connectivity index (χ0) is 18.1. The molecule has 2 N–H and O–H groups in total. The summed E-state index contributed by atoms with van der Waals surface area (Å²) < 4.78 is 5.23. The normalized spacial score (nSPS) is 20.2. The summed E-state index contributed by atoms with van der Waals surface area (Å²) in [6.07, 6.45) is 7.35. The Morgan fingerprint density at radius 2 is 1.76 bits per heavy atom. The minimum atomic E-state index is -0.199. The van der Waals surface area contributed by atoms with Gasteiger partial charge in [-0.15, -0.1) is 0 Å². The van der Waals surface area contributed by atoms with Crippen LogP contribution in [0, 0.1) is 11.8 Å². The van der Waals surface area contributed by atoms with Crippen LogP contribution in [0.5, 0.6) is 0 Å². The molecule has 1 aromatic rings. The standard InChI is InChI=1S/C21H31NO3/c1-2-3-4-13-25-20(23)14-16-5-9-18(10-6-16)21(24)19-11-7-17(15-22)8-12-19/h5-6,9-10,17,19H,2-4,7-8,11-15,22H2,1H3. The summed E-state index contributed by atoms with van der Waals surface area (Å²) in [6.45, 7) is 3.34. The first-order valence-corrected chi connectivity index (χ1v) is 9.62. The van der Waals surface area contributed by atoms with Crippen molar-refractivity contribution in [2.75, 3.05) is 13.2 Å². The Balaban J connectivity index is 1.81. The van der Waals surface area contributed by atoms with Crippen LogP contribution in [-0.4, -0.2) is 24.9 Å². The van der Waals surface area contributed by atoms with Gasteiger partial charge in [0.1, 0.15) is 0 Å². The van der Waals surface area contributed by atoms with Gasteiger partial charge in [-0.1, -0.05) is 44.0 Å². The molecule has 0 atom stereocenters. The number of esters is 1. The van der Waals surface area contributed by atoms with Crippen LogP contribution in [0.2, 0.25) is 0 Å². The monoisotopic (exact) mass is 345 g/mol. The maximum absolute atomic E-state index is 12.6. The summed E-state index contributed by atoms with van der Waals surface area (Å²) in [5, 5.41) is 0. The Hall–Kier alpha value is -1.68. The quantitative estimate of drug-likeness (QED) is 0.418. The maximum atomic E-state index is 12.6. The molecule has 0 heterocycles. The van der Waals surface area contributed by atoms with Crippen LogP contribution in [0.4, 0.5) is 0 Å². The SMILES string of the molecule is CCCCCOC(=O)Cc1ccc(C(=O)C2CCC(CN)CC2)cc1. The number of rotatable bonds is 9. The lowest BCUT2D eigenvalue weighted by Crippen LogP contribution is -2.25. The second-order valence-electron chi connectivity index (χ2n) is 7.12. The highest BCUT2D eigenvalue weighted by atomic mass is 16.5. The van der Waals surface area contributed by atoms with Crippen molar-refractivity contribution in [3.63, 3.8) is 0 Å². The van der Waals surface area contributed by atoms with E-state index in [4.69, 9.17) is 10.5 Å². The van der Waals surface area contributed by atoms with Crippen LogP contribution in [0.15, 0.2) is 24.3 Å². The first-order chi connectivity index (χ1) is 12.1. The fraction of sp³-hybridized carbons (Fsp3) is 0.619. The zero-order valence-electron chi connectivity index (χ0n) is 15.3. The maximum Gasteiger partial charge on any atom is 0.310 e. The molecule has 4 nitrogen and oxygen atoms in total. The molecule has 0 aromatic heterocycles. The average molecular weight is 345 g/mol. The van der Waals surface area contributed by atoms with Crippen molar-refractivity contribution in [3.05, 3.63) is 35.4 Å². The molecule has 0 spiro atoms. The van der Waals surface area contributed by atoms with Crippen LogP contribution in [0.3, 0.4) is 0 Å². The summed E-state index contributed by atoms with van der Waals surface area (Å²) in [4.78, 5) is 24.4. The largest absolute Gasteiger partial charge is 0.465 e. The van der Waals surface area contributed by atoms with Crippen molar-refractivity contribution in [1.82, 2.24) is 0 Å². The second kappa shape index (κ2) is 10.3. The van der Waals surface area contributed by atoms with E-state index in [1.165, 1.54) is 0 Å². The molecule has 0 unspecified atom stereocenters. The summed E-state index contributed by atoms with van der Waals surface area (Å²) >= 11 is 0. The molecule has 4 heteroatoms. The minimum absolute atomic E-state index is 0.122. The molecule has 25 heavy (non-hydrogen) atoms. The number of benzene rings is 1. The van der Waals surface area contributed by atoms with Crippen molar-refractivity contribution < 1.29 is 14.3 Å². The fourth-order valence-electron chi connectivity index (χ4n) is 3.44. The van der Waals surface area contributed by atoms with Crippen LogP contribution >= 0.6 is 0 Å². The molecule has 1 aliphatic carbocycles. The van der Waals surface area contributed by atoms with Crippen molar-refractivity contribution in [1.29, 1.82) is 0 Å². The van der Waals surface area contributed by atoms with Gasteiger partial charge in [-0.3, -0.25) is 9.59 Å². The Morgan fingerprint density at radius 1 is 1.08 bits per heavy atom. The molecule has 2 rings (SSSR count). The van der Waals surface area contributed by atoms with Gasteiger partial charge in [-0.25, -0.2) is 0 Å². The number of hydrogen-bond acceptors (Lipinski definition) is 4. The number of carbonyl (C=O) groups excluding carboxylic acids is 2. The van der Waals surface area contributed by atoms with Gasteiger partial charge in [0.05, 0.1) is 13.0 Å². The third-order valence-electron chi connectivity index (χ3n) is 5.15. The molecule has 1 fully saturated rings. The van der Waals surface area contributed by atoms with E-state index >= 15 is 0 Å². The van der Waals surface area contributed by atoms with Gasteiger partial charge in [0.2, 0.25) is 0 Å². The van der Waals surface area contributed by atoms with E-state index in [1.807, 2.05) is 24.3 Å². The average Bonchev–Trinajstić information content (AvgIpc) is 2.65. The number of hydrogen-bond donors (Lipinski definition) is 1. The first kappa shape index (κ1) is 19.6. The molecular formula is C21H31NO3. The third-order valence-corrected chi connectivity index (χ3v) is 5.15. The summed E-state index contributed by atoms with van der Waals surface area (Å²) in [5.41, 5.74) is 7.35. The lowest BCUT2D eigenvalue weighted by Gasteiger charge is -2.26. The van der Waals surface area contributed by atoms with Crippen molar-refractivity contribution in [2.45, 2.75) is 58.3 Å². The van der Waals surface area contributed by atoms with Crippen LogP contribution in [0.1, 0.15) is 67.8 Å². The molecule has 138 valence electrons. The molecule has 1 aliphatic rings. The van der Waals surface area contributed by atoms with Gasteiger partial charge in [-0.05, 0) is 50.1 Å². The molecule has 0 amide bonds. The van der Waals surface area contributed by atoms with Gasteiger partial charge in [0, 0.05) is 11.5 Å². The smallest absolute Gasteiger partial charge is 0.310 e. The van der Waals surface area contributed by atoms with Gasteiger partial charge in [0.15, 0.2) is 5.78 Å². The van der Waals surface area contributed by atoms with Gasteiger partial charge >= 0.3 is 5.97 Å². The van der Waals surface area contributed by atoms with Crippen LogP contribution in [-0.2, 0) is 16.0 Å². The number of ether oxygens (including phenoxy) is 1. The second-order valence-corrected chi connectivity index (χ2v) is 7.12. The number of carbonyl (C=O) groups is 2. The number of unbranched alkanes of at least 4 members (excludes halogenated alkanes) is 2. The van der Waals surface area contributed by atoms with Gasteiger partial charge in [-0.2, -0.15) is 0 Å². The third kappa shape index (κ3) is 6.28. The number of Topliss-reactive ketones (excluding diaryl/α,β-unsaturated/α-hetero) is 1. The van der Waals surface area contributed by atoms with Crippen LogP contribution in [0.25, 0.3) is 0 Å². The highest BCUT2D eigenvalue weighted by molar-refractivity contribution is 5.98. The Labute approximate surface area is 151 Å². The summed E-state index contributed by atoms with van der Waals surface area (Å²) in [7, 11) is 0. The molecule has 0 radical (unpaired) electrons. The van der Waals surface area contributed by atoms with Crippen molar-refractivity contribution in [2.24, 2.45) is 17.6 Å². The molecule has 0 aliphatic heterocycles. The predicted octanol–water partition coefficient (Wildman–Crippen LogP) is 3.91. The number of nitrogens with two attached hydrogens (primary N) is 1. The molecule has 0 saturated heterocycles. The fourth-order valence-corrected chi connectivity index (χ4v) is 3.44. The van der Waals surface area contributed by atoms with Gasteiger partial charge < -0.3 is 10.5 Å². The minimum Gasteiger partial charge on any atom is -0.465 e. The lowest BCUT2D eigenvalue weighted by molar-refractivity contribution is -0.142. The van der Waals surface area contributed by atoms with E-state index in [1.54, 1.807) is 0 Å². The summed E-state index contributed by atoms with van der Waals surface area (Å²) in [5.74, 6) is 0.728. The van der Waals surface area contributed by atoms with E-state index in [9.17, 15) is 9.59 Å². The topological polar surface area (TPSA) is 69.4 Å². The van der Waals surface area contributed by atoms with E-state index in [-0.39, 0.29) is 24.1 Å². The zero-order valence-corrected chi connectivity index (χ0v) is 15.3. The van der Waals surface area contributed by atoms with Crippen LogP contribution < -0.4 is 5.73 Å². The Bertz CT molecular complexity index is 545. The van der Waals surface area contributed by atoms with E-state index in [0.717, 1.165) is 62.6 Å². The van der Waals surface area contributed by atoms with Crippen molar-refractivity contribution >= 4 is 11.8 Å². The van der Waals surface area contributed by atoms with E-state index < -0.39 is 0 Å². The lowest BCUT2D eigenvalue weighted by atomic mass is 9.78. The van der Waals surface area contributed by atoms with Crippen molar-refractivity contribution in [3.8, 4) is 0 Å². The molecule has 0 bridgehead atoms. The first-order valence-electron chi connectivity index (χ1n) is 9.62. The highest BCUT2D eigenvalue weighted by Crippen LogP contribution is 2.30. The van der Waals surface area contributed by atoms with E-state index in [0.29, 0.717) is 12.5 Å². The molecule has 1 saturated carbocycles. The molecular weight excluding hydrogens is 314 g/mol. The van der Waals surface area contributed by atoms with E-state index in [2.05, 4.69) is 6.92 Å². The predicted molar refractivity (Wildman–Crippen MR) is 99.5 cm³/mol. The Morgan fingerprint density at radius 3 is 2.36 bits per heavy atom. The Kier molecular flexibility index (Phi) is 8.13.